The van der Waals surface area contributed by atoms with Crippen molar-refractivity contribution in [1.82, 2.24) is 14.3 Å². The van der Waals surface area contributed by atoms with Gasteiger partial charge >= 0.3 is 0 Å². The Kier molecular flexibility index (Phi) is 5.32. The van der Waals surface area contributed by atoms with Crippen molar-refractivity contribution in [3.05, 3.63) is 52.3 Å². The van der Waals surface area contributed by atoms with Crippen LogP contribution >= 0.6 is 11.3 Å². The lowest BCUT2D eigenvalue weighted by Gasteiger charge is -2.25. The summed E-state index contributed by atoms with van der Waals surface area (Å²) in [7, 11) is 3.30. The fourth-order valence-corrected chi connectivity index (χ4v) is 4.86. The van der Waals surface area contributed by atoms with E-state index in [4.69, 9.17) is 9.47 Å². The number of ether oxygens (including phenoxy) is 2. The van der Waals surface area contributed by atoms with Crippen LogP contribution in [-0.2, 0) is 4.79 Å². The van der Waals surface area contributed by atoms with E-state index in [1.54, 1.807) is 31.6 Å². The highest BCUT2D eigenvalue weighted by Crippen LogP contribution is 2.39. The fraction of sp³-hybridized carbons (Fsp3) is 0.364. The van der Waals surface area contributed by atoms with Crippen LogP contribution in [0.25, 0.3) is 11.0 Å². The number of aryl methyl sites for hydroxylation is 2. The average Bonchev–Trinajstić information content (AvgIpc) is 3.40. The summed E-state index contributed by atoms with van der Waals surface area (Å²) in [6, 6.07) is 5.72. The zero-order chi connectivity index (χ0) is 20.5. The van der Waals surface area contributed by atoms with Gasteiger partial charge in [-0.15, -0.1) is 11.3 Å². The lowest BCUT2D eigenvalue weighted by molar-refractivity contribution is -0.126. The van der Waals surface area contributed by atoms with Crippen molar-refractivity contribution in [2.45, 2.75) is 32.7 Å². The number of methoxy groups -OCH3 is 2. The molecule has 1 fully saturated rings. The normalized spacial score (nSPS) is 16.8. The molecule has 0 bridgehead atoms. The van der Waals surface area contributed by atoms with E-state index in [-0.39, 0.29) is 11.9 Å². The molecule has 3 aromatic rings. The molecule has 3 heterocycles. The summed E-state index contributed by atoms with van der Waals surface area (Å²) in [6.07, 6.45) is 7.47. The quantitative estimate of drug-likeness (QED) is 0.584. The highest BCUT2D eigenvalue weighted by Gasteiger charge is 2.31. The highest BCUT2D eigenvalue weighted by atomic mass is 32.1. The second kappa shape index (κ2) is 7.91. The number of imidazole rings is 1. The van der Waals surface area contributed by atoms with Crippen molar-refractivity contribution in [2.75, 3.05) is 20.8 Å². The molecule has 1 unspecified atom stereocenters. The number of hydrogen-bond donors (Lipinski definition) is 0. The van der Waals surface area contributed by atoms with Crippen LogP contribution in [-0.4, -0.2) is 41.0 Å². The molecule has 1 atom stereocenters. The standard InChI is InChI=1S/C22H25N3O3S/c1-14-13-25-18(15(2)23-22(25)29-14)8-10-21(26)24-11-5-6-19(24)17-12-16(27-3)7-9-20(17)28-4/h7-10,12-13,19H,5-6,11H2,1-4H3/b10-8+. The molecule has 7 heteroatoms. The van der Waals surface area contributed by atoms with Crippen LogP contribution in [0.1, 0.15) is 40.7 Å². The van der Waals surface area contributed by atoms with Gasteiger partial charge in [0.15, 0.2) is 4.96 Å². The molecule has 0 radical (unpaired) electrons. The van der Waals surface area contributed by atoms with Gasteiger partial charge < -0.3 is 14.4 Å². The summed E-state index contributed by atoms with van der Waals surface area (Å²) in [5.74, 6) is 1.54. The lowest BCUT2D eigenvalue weighted by Crippen LogP contribution is -2.29. The third-order valence-corrected chi connectivity index (χ3v) is 6.28. The third-order valence-electron chi connectivity index (χ3n) is 5.38. The minimum absolute atomic E-state index is 0.00123. The van der Waals surface area contributed by atoms with E-state index in [1.807, 2.05) is 40.5 Å². The molecular weight excluding hydrogens is 386 g/mol. The number of likely N-dealkylation sites (tertiary alicyclic amines) is 1. The first kappa shape index (κ1) is 19.5. The number of carbonyl (C=O) groups is 1. The zero-order valence-electron chi connectivity index (χ0n) is 17.1. The molecule has 4 rings (SSSR count). The van der Waals surface area contributed by atoms with Crippen molar-refractivity contribution in [3.8, 4) is 11.5 Å². The van der Waals surface area contributed by atoms with Crippen LogP contribution in [0.3, 0.4) is 0 Å². The molecule has 1 aliphatic heterocycles. The van der Waals surface area contributed by atoms with Gasteiger partial charge in [0.25, 0.3) is 0 Å². The van der Waals surface area contributed by atoms with E-state index >= 15 is 0 Å². The molecule has 0 spiro atoms. The lowest BCUT2D eigenvalue weighted by atomic mass is 10.0. The predicted octanol–water partition coefficient (Wildman–Crippen LogP) is 4.41. The minimum atomic E-state index is -0.0212. The summed E-state index contributed by atoms with van der Waals surface area (Å²) < 4.78 is 13.0. The van der Waals surface area contributed by atoms with Gasteiger partial charge in [0.1, 0.15) is 11.5 Å². The maximum absolute atomic E-state index is 13.1. The molecular formula is C22H25N3O3S. The number of nitrogens with zero attached hydrogens (tertiary/aromatic N) is 3. The van der Waals surface area contributed by atoms with Crippen molar-refractivity contribution in [3.63, 3.8) is 0 Å². The van der Waals surface area contributed by atoms with Crippen molar-refractivity contribution in [1.29, 1.82) is 0 Å². The largest absolute Gasteiger partial charge is 0.497 e. The topological polar surface area (TPSA) is 56.1 Å². The summed E-state index contributed by atoms with van der Waals surface area (Å²) in [5.41, 5.74) is 2.86. The molecule has 6 nitrogen and oxygen atoms in total. The van der Waals surface area contributed by atoms with Gasteiger partial charge in [0.05, 0.1) is 31.6 Å². The SMILES string of the molecule is COc1ccc(OC)c(C2CCCN2C(=O)/C=C/c2c(C)nc3sc(C)cn23)c1. The van der Waals surface area contributed by atoms with Gasteiger partial charge in [0, 0.05) is 29.3 Å². The summed E-state index contributed by atoms with van der Waals surface area (Å²) in [6.45, 7) is 4.76. The first-order chi connectivity index (χ1) is 14.0. The van der Waals surface area contributed by atoms with Gasteiger partial charge in [-0.05, 0) is 51.0 Å². The number of amides is 1. The molecule has 0 saturated carbocycles. The van der Waals surface area contributed by atoms with Crippen LogP contribution in [0.4, 0.5) is 0 Å². The Labute approximate surface area is 174 Å². The molecule has 1 saturated heterocycles. The van der Waals surface area contributed by atoms with E-state index in [0.717, 1.165) is 52.8 Å². The Morgan fingerprint density at radius 3 is 2.86 bits per heavy atom. The van der Waals surface area contributed by atoms with Crippen molar-refractivity contribution >= 4 is 28.3 Å². The van der Waals surface area contributed by atoms with E-state index in [2.05, 4.69) is 18.1 Å². The molecule has 0 aliphatic carbocycles. The van der Waals surface area contributed by atoms with Crippen LogP contribution in [0.5, 0.6) is 11.5 Å². The number of aromatic nitrogens is 2. The summed E-state index contributed by atoms with van der Waals surface area (Å²) in [4.78, 5) is 21.7. The van der Waals surface area contributed by atoms with Gasteiger partial charge in [-0.1, -0.05) is 0 Å². The molecule has 2 aromatic heterocycles. The Morgan fingerprint density at radius 1 is 1.28 bits per heavy atom. The van der Waals surface area contributed by atoms with Crippen molar-refractivity contribution in [2.24, 2.45) is 0 Å². The fourth-order valence-electron chi connectivity index (χ4n) is 3.98. The zero-order valence-corrected chi connectivity index (χ0v) is 18.0. The number of thiazole rings is 1. The second-order valence-corrected chi connectivity index (χ2v) is 8.42. The van der Waals surface area contributed by atoms with Gasteiger partial charge in [-0.2, -0.15) is 0 Å². The Bertz CT molecular complexity index is 1080. The minimum Gasteiger partial charge on any atom is -0.497 e. The maximum atomic E-state index is 13.1. The third kappa shape index (κ3) is 3.62. The number of benzene rings is 1. The Hall–Kier alpha value is -2.80. The summed E-state index contributed by atoms with van der Waals surface area (Å²) in [5, 5.41) is 0. The van der Waals surface area contributed by atoms with Gasteiger partial charge in [-0.25, -0.2) is 4.98 Å². The van der Waals surface area contributed by atoms with E-state index in [0.29, 0.717) is 0 Å². The van der Waals surface area contributed by atoms with E-state index in [1.165, 1.54) is 4.88 Å². The monoisotopic (exact) mass is 411 g/mol. The number of carbonyl (C=O) groups excluding carboxylic acids is 1. The molecule has 152 valence electrons. The highest BCUT2D eigenvalue weighted by molar-refractivity contribution is 7.17. The molecule has 0 N–H and O–H groups in total. The van der Waals surface area contributed by atoms with Crippen LogP contribution in [0.2, 0.25) is 0 Å². The smallest absolute Gasteiger partial charge is 0.247 e. The molecule has 1 amide bonds. The van der Waals surface area contributed by atoms with Crippen LogP contribution in [0, 0.1) is 13.8 Å². The number of fused-ring (bicyclic) bond motifs is 1. The first-order valence-corrected chi connectivity index (χ1v) is 10.5. The van der Waals surface area contributed by atoms with E-state index < -0.39 is 0 Å². The van der Waals surface area contributed by atoms with Crippen molar-refractivity contribution < 1.29 is 14.3 Å². The number of rotatable bonds is 5. The molecule has 1 aromatic carbocycles. The first-order valence-electron chi connectivity index (χ1n) is 9.67. The summed E-state index contributed by atoms with van der Waals surface area (Å²) >= 11 is 1.65. The number of hydrogen-bond acceptors (Lipinski definition) is 5. The maximum Gasteiger partial charge on any atom is 0.247 e. The average molecular weight is 412 g/mol. The van der Waals surface area contributed by atoms with Gasteiger partial charge in [-0.3, -0.25) is 9.20 Å². The molecule has 29 heavy (non-hydrogen) atoms. The second-order valence-electron chi connectivity index (χ2n) is 7.21. The van der Waals surface area contributed by atoms with Crippen LogP contribution in [0.15, 0.2) is 30.5 Å². The van der Waals surface area contributed by atoms with Crippen LogP contribution < -0.4 is 9.47 Å². The van der Waals surface area contributed by atoms with Gasteiger partial charge in [0.2, 0.25) is 5.91 Å². The molecule has 1 aliphatic rings. The Morgan fingerprint density at radius 2 is 2.10 bits per heavy atom. The Balaban J connectivity index is 1.61. The predicted molar refractivity (Wildman–Crippen MR) is 115 cm³/mol. The van der Waals surface area contributed by atoms with E-state index in [9.17, 15) is 4.79 Å².